The van der Waals surface area contributed by atoms with E-state index in [9.17, 15) is 9.59 Å². The molecule has 20 heavy (non-hydrogen) atoms. The van der Waals surface area contributed by atoms with E-state index in [1.165, 1.54) is 0 Å². The van der Waals surface area contributed by atoms with E-state index in [-0.39, 0.29) is 18.0 Å². The number of hydrogen-bond donors (Lipinski definition) is 1. The smallest absolute Gasteiger partial charge is 0.239 e. The molecule has 0 aliphatic carbocycles. The summed E-state index contributed by atoms with van der Waals surface area (Å²) < 4.78 is 0. The zero-order valence-electron chi connectivity index (χ0n) is 10.8. The molecule has 1 amide bonds. The maximum Gasteiger partial charge on any atom is 0.239 e. The summed E-state index contributed by atoms with van der Waals surface area (Å²) in [5.74, 6) is -0.794. The largest absolute Gasteiger partial charge is 0.368 e. The van der Waals surface area contributed by atoms with Crippen LogP contribution < -0.4 is 5.73 Å². The van der Waals surface area contributed by atoms with Crippen molar-refractivity contribution in [3.63, 3.8) is 0 Å². The second-order valence-corrected chi connectivity index (χ2v) is 4.19. The van der Waals surface area contributed by atoms with Gasteiger partial charge in [0.05, 0.1) is 0 Å². The molecule has 0 saturated carbocycles. The number of hydrogen-bond acceptors (Lipinski definition) is 3. The molecule has 2 rings (SSSR count). The van der Waals surface area contributed by atoms with Crippen molar-refractivity contribution in [3.05, 3.63) is 71.8 Å². The van der Waals surface area contributed by atoms with Crippen LogP contribution in [0.5, 0.6) is 0 Å². The Morgan fingerprint density at radius 1 is 0.850 bits per heavy atom. The molecule has 4 nitrogen and oxygen atoms in total. The highest BCUT2D eigenvalue weighted by molar-refractivity contribution is 6.51. The molecule has 0 radical (unpaired) electrons. The zero-order chi connectivity index (χ0) is 14.4. The van der Waals surface area contributed by atoms with Gasteiger partial charge < -0.3 is 5.73 Å². The fourth-order valence-electron chi connectivity index (χ4n) is 1.77. The highest BCUT2D eigenvalue weighted by Crippen LogP contribution is 2.09. The molecule has 0 bridgehead atoms. The lowest BCUT2D eigenvalue weighted by Crippen LogP contribution is -2.20. The summed E-state index contributed by atoms with van der Waals surface area (Å²) in [5, 5.41) is 0. The van der Waals surface area contributed by atoms with Gasteiger partial charge in [-0.3, -0.25) is 14.6 Å². The Kier molecular flexibility index (Phi) is 4.39. The van der Waals surface area contributed by atoms with E-state index in [4.69, 9.17) is 5.73 Å². The average molecular weight is 266 g/mol. The highest BCUT2D eigenvalue weighted by Gasteiger charge is 2.15. The third-order valence-electron chi connectivity index (χ3n) is 2.69. The Bertz CT molecular complexity index is 634. The van der Waals surface area contributed by atoms with Crippen LogP contribution in [0.4, 0.5) is 0 Å². The summed E-state index contributed by atoms with van der Waals surface area (Å²) in [5.41, 5.74) is 6.54. The van der Waals surface area contributed by atoms with Gasteiger partial charge in [0.1, 0.15) is 12.3 Å². The normalized spacial score (nSPS) is 11.1. The van der Waals surface area contributed by atoms with Gasteiger partial charge in [0.15, 0.2) is 0 Å². The molecule has 0 saturated heterocycles. The third kappa shape index (κ3) is 3.38. The fourth-order valence-corrected chi connectivity index (χ4v) is 1.77. The molecule has 2 aromatic rings. The predicted octanol–water partition coefficient (Wildman–Crippen LogP) is 1.84. The first-order valence-corrected chi connectivity index (χ1v) is 6.16. The van der Waals surface area contributed by atoms with Crippen LogP contribution in [-0.4, -0.2) is 23.9 Å². The van der Waals surface area contributed by atoms with Crippen LogP contribution in [0.25, 0.3) is 0 Å². The quantitative estimate of drug-likeness (QED) is 0.662. The maximum atomic E-state index is 12.5. The van der Waals surface area contributed by atoms with Crippen molar-refractivity contribution in [2.75, 3.05) is 6.54 Å². The fraction of sp³-hybridized carbons (Fsp3) is 0.0625. The molecule has 0 aliphatic rings. The van der Waals surface area contributed by atoms with Crippen LogP contribution in [0.1, 0.15) is 15.9 Å². The van der Waals surface area contributed by atoms with Crippen LogP contribution in [0.2, 0.25) is 0 Å². The van der Waals surface area contributed by atoms with Crippen LogP contribution in [0, 0.1) is 0 Å². The summed E-state index contributed by atoms with van der Waals surface area (Å²) in [6, 6.07) is 17.9. The van der Waals surface area contributed by atoms with Crippen molar-refractivity contribution in [1.29, 1.82) is 0 Å². The van der Waals surface area contributed by atoms with Gasteiger partial charge in [-0.2, -0.15) is 0 Å². The molecule has 0 atom stereocenters. The number of ketones is 1. The van der Waals surface area contributed by atoms with Crippen LogP contribution in [0.3, 0.4) is 0 Å². The van der Waals surface area contributed by atoms with Gasteiger partial charge in [0.25, 0.3) is 0 Å². The van der Waals surface area contributed by atoms with Crippen molar-refractivity contribution in [2.45, 2.75) is 0 Å². The summed E-state index contributed by atoms with van der Waals surface area (Å²) in [4.78, 5) is 27.4. The van der Waals surface area contributed by atoms with Gasteiger partial charge in [0, 0.05) is 11.1 Å². The Labute approximate surface area is 117 Å². The number of nitrogens with two attached hydrogens (primary N) is 1. The minimum Gasteiger partial charge on any atom is -0.368 e. The molecule has 0 spiro atoms. The second-order valence-electron chi connectivity index (χ2n) is 4.19. The summed E-state index contributed by atoms with van der Waals surface area (Å²) >= 11 is 0. The number of benzene rings is 2. The van der Waals surface area contributed by atoms with Crippen molar-refractivity contribution in [2.24, 2.45) is 10.7 Å². The molecule has 4 heteroatoms. The van der Waals surface area contributed by atoms with E-state index in [0.29, 0.717) is 11.1 Å². The summed E-state index contributed by atoms with van der Waals surface area (Å²) in [6.07, 6.45) is 0. The number of aliphatic imine (C=N–C) groups is 1. The summed E-state index contributed by atoms with van der Waals surface area (Å²) in [6.45, 7) is -0.206. The minimum atomic E-state index is -0.570. The van der Waals surface area contributed by atoms with Gasteiger partial charge >= 0.3 is 0 Å². The minimum absolute atomic E-state index is 0.206. The van der Waals surface area contributed by atoms with Gasteiger partial charge in [-0.15, -0.1) is 0 Å². The van der Waals surface area contributed by atoms with Crippen LogP contribution in [-0.2, 0) is 4.79 Å². The third-order valence-corrected chi connectivity index (χ3v) is 2.69. The zero-order valence-corrected chi connectivity index (χ0v) is 10.8. The molecular formula is C16H14N2O2. The highest BCUT2D eigenvalue weighted by atomic mass is 16.1. The van der Waals surface area contributed by atoms with Crippen LogP contribution in [0.15, 0.2) is 65.7 Å². The Balaban J connectivity index is 2.40. The summed E-state index contributed by atoms with van der Waals surface area (Å²) in [7, 11) is 0. The molecule has 100 valence electrons. The molecule has 2 N–H and O–H groups in total. The molecule has 2 aromatic carbocycles. The first-order chi connectivity index (χ1) is 9.68. The van der Waals surface area contributed by atoms with Gasteiger partial charge in [-0.25, -0.2) is 0 Å². The monoisotopic (exact) mass is 266 g/mol. The molecule has 0 unspecified atom stereocenters. The van der Waals surface area contributed by atoms with E-state index in [1.807, 2.05) is 24.3 Å². The number of Topliss-reactive ketones (excluding diaryl/α,β-unsaturated/α-hetero) is 1. The predicted molar refractivity (Wildman–Crippen MR) is 77.8 cm³/mol. The van der Waals surface area contributed by atoms with Gasteiger partial charge in [-0.1, -0.05) is 60.7 Å². The second kappa shape index (κ2) is 6.43. The van der Waals surface area contributed by atoms with E-state index < -0.39 is 5.91 Å². The SMILES string of the molecule is NC(=O)CN=C(C(=O)c1ccccc1)c1ccccc1. The maximum absolute atomic E-state index is 12.5. The van der Waals surface area contributed by atoms with E-state index >= 15 is 0 Å². The number of rotatable bonds is 5. The van der Waals surface area contributed by atoms with E-state index in [1.54, 1.807) is 36.4 Å². The standard InChI is InChI=1S/C16H14N2O2/c17-14(19)11-18-15(12-7-3-1-4-8-12)16(20)13-9-5-2-6-10-13/h1-10H,11H2,(H2,17,19). The average Bonchev–Trinajstić information content (AvgIpc) is 2.49. The first-order valence-electron chi connectivity index (χ1n) is 6.16. The number of carbonyl (C=O) groups excluding carboxylic acids is 2. The van der Waals surface area contributed by atoms with Gasteiger partial charge in [0.2, 0.25) is 11.7 Å². The van der Waals surface area contributed by atoms with Crippen molar-refractivity contribution < 1.29 is 9.59 Å². The topological polar surface area (TPSA) is 72.5 Å². The van der Waals surface area contributed by atoms with Crippen molar-refractivity contribution in [1.82, 2.24) is 0 Å². The lowest BCUT2D eigenvalue weighted by Gasteiger charge is -2.06. The number of amides is 1. The molecule has 0 aliphatic heterocycles. The number of primary amides is 1. The van der Waals surface area contributed by atoms with Crippen LogP contribution >= 0.6 is 0 Å². The Morgan fingerprint density at radius 3 is 1.85 bits per heavy atom. The Hall–Kier alpha value is -2.75. The lowest BCUT2D eigenvalue weighted by molar-refractivity contribution is -0.116. The lowest BCUT2D eigenvalue weighted by atomic mass is 10.0. The van der Waals surface area contributed by atoms with Crippen molar-refractivity contribution >= 4 is 17.4 Å². The van der Waals surface area contributed by atoms with Crippen molar-refractivity contribution in [3.8, 4) is 0 Å². The Morgan fingerprint density at radius 2 is 1.35 bits per heavy atom. The number of carbonyl (C=O) groups is 2. The molecular weight excluding hydrogens is 252 g/mol. The first kappa shape index (κ1) is 13.7. The molecule has 0 fully saturated rings. The van der Waals surface area contributed by atoms with Gasteiger partial charge in [-0.05, 0) is 0 Å². The van der Waals surface area contributed by atoms with E-state index in [0.717, 1.165) is 0 Å². The molecule has 0 aromatic heterocycles. The molecule has 0 heterocycles. The van der Waals surface area contributed by atoms with E-state index in [2.05, 4.69) is 4.99 Å². The number of nitrogens with zero attached hydrogens (tertiary/aromatic N) is 1.